The zero-order valence-corrected chi connectivity index (χ0v) is 15.6. The van der Waals surface area contributed by atoms with E-state index in [1.54, 1.807) is 0 Å². The number of hydrogen-bond donors (Lipinski definition) is 1. The van der Waals surface area contributed by atoms with Crippen LogP contribution in [-0.2, 0) is 11.3 Å². The molecule has 5 nitrogen and oxygen atoms in total. The number of hydrogen-bond acceptors (Lipinski definition) is 4. The second kappa shape index (κ2) is 8.81. The summed E-state index contributed by atoms with van der Waals surface area (Å²) in [7, 11) is 0. The van der Waals surface area contributed by atoms with Crippen LogP contribution in [0.15, 0.2) is 42.6 Å². The maximum absolute atomic E-state index is 12.1. The number of nitrogens with zero attached hydrogens (tertiary/aromatic N) is 2. The monoisotopic (exact) mass is 353 g/mol. The van der Waals surface area contributed by atoms with Gasteiger partial charge in [-0.25, -0.2) is 0 Å². The molecule has 0 radical (unpaired) electrons. The number of piperidine rings is 1. The summed E-state index contributed by atoms with van der Waals surface area (Å²) in [6.45, 7) is 6.99. The van der Waals surface area contributed by atoms with Crippen molar-refractivity contribution in [2.24, 2.45) is 0 Å². The van der Waals surface area contributed by atoms with Gasteiger partial charge in [-0.05, 0) is 62.1 Å². The molecule has 0 spiro atoms. The number of benzene rings is 1. The minimum absolute atomic E-state index is 0.0496. The minimum Gasteiger partial charge on any atom is -0.484 e. The Balaban J connectivity index is 1.38. The zero-order valence-electron chi connectivity index (χ0n) is 15.6. The lowest BCUT2D eigenvalue weighted by Gasteiger charge is -2.32. The summed E-state index contributed by atoms with van der Waals surface area (Å²) < 4.78 is 5.61. The number of amides is 1. The first-order chi connectivity index (χ1) is 12.6. The number of likely N-dealkylation sites (tertiary alicyclic amines) is 1. The Kier molecular flexibility index (Phi) is 6.23. The fourth-order valence-corrected chi connectivity index (χ4v) is 3.18. The van der Waals surface area contributed by atoms with Gasteiger partial charge in [-0.15, -0.1) is 0 Å². The van der Waals surface area contributed by atoms with Crippen molar-refractivity contribution >= 4 is 5.91 Å². The maximum Gasteiger partial charge on any atom is 0.258 e. The Labute approximate surface area is 155 Å². The van der Waals surface area contributed by atoms with Gasteiger partial charge in [-0.3, -0.25) is 14.7 Å². The van der Waals surface area contributed by atoms with E-state index >= 15 is 0 Å². The number of nitrogens with one attached hydrogen (secondary N) is 1. The molecule has 1 aromatic carbocycles. The molecule has 2 heterocycles. The van der Waals surface area contributed by atoms with Gasteiger partial charge in [0.2, 0.25) is 0 Å². The highest BCUT2D eigenvalue weighted by Crippen LogP contribution is 2.16. The highest BCUT2D eigenvalue weighted by molar-refractivity contribution is 5.77. The van der Waals surface area contributed by atoms with Crippen molar-refractivity contribution < 1.29 is 9.53 Å². The van der Waals surface area contributed by atoms with Crippen molar-refractivity contribution in [2.75, 3.05) is 19.7 Å². The first-order valence-electron chi connectivity index (χ1n) is 9.22. The van der Waals surface area contributed by atoms with E-state index in [2.05, 4.69) is 28.2 Å². The molecule has 1 aliphatic heterocycles. The Morgan fingerprint density at radius 2 is 2.00 bits per heavy atom. The molecule has 1 amide bonds. The van der Waals surface area contributed by atoms with Crippen LogP contribution in [0.4, 0.5) is 0 Å². The third-order valence-electron chi connectivity index (χ3n) is 4.91. The first kappa shape index (κ1) is 18.4. The van der Waals surface area contributed by atoms with Crippen molar-refractivity contribution in [1.82, 2.24) is 15.2 Å². The van der Waals surface area contributed by atoms with Gasteiger partial charge < -0.3 is 10.1 Å². The van der Waals surface area contributed by atoms with Crippen LogP contribution in [0.3, 0.4) is 0 Å². The molecule has 0 saturated carbocycles. The summed E-state index contributed by atoms with van der Waals surface area (Å²) in [4.78, 5) is 18.9. The summed E-state index contributed by atoms with van der Waals surface area (Å²) in [5, 5.41) is 3.09. The molecule has 26 heavy (non-hydrogen) atoms. The summed E-state index contributed by atoms with van der Waals surface area (Å²) in [6, 6.07) is 12.1. The van der Waals surface area contributed by atoms with Gasteiger partial charge in [0.1, 0.15) is 5.75 Å². The van der Waals surface area contributed by atoms with E-state index in [0.717, 1.165) is 43.9 Å². The van der Waals surface area contributed by atoms with Crippen LogP contribution in [0.2, 0.25) is 0 Å². The molecule has 5 heteroatoms. The summed E-state index contributed by atoms with van der Waals surface area (Å²) in [5.41, 5.74) is 3.49. The lowest BCUT2D eigenvalue weighted by molar-refractivity contribution is -0.124. The maximum atomic E-state index is 12.1. The van der Waals surface area contributed by atoms with Crippen molar-refractivity contribution in [1.29, 1.82) is 0 Å². The summed E-state index contributed by atoms with van der Waals surface area (Å²) in [5.74, 6) is 0.694. The van der Waals surface area contributed by atoms with E-state index in [9.17, 15) is 4.79 Å². The van der Waals surface area contributed by atoms with Gasteiger partial charge in [0.15, 0.2) is 6.61 Å². The van der Waals surface area contributed by atoms with E-state index in [1.807, 2.05) is 43.5 Å². The highest BCUT2D eigenvalue weighted by atomic mass is 16.5. The normalized spacial score (nSPS) is 15.6. The topological polar surface area (TPSA) is 54.5 Å². The van der Waals surface area contributed by atoms with Crippen LogP contribution >= 0.6 is 0 Å². The number of aromatic nitrogens is 1. The number of ether oxygens (including phenoxy) is 1. The average Bonchev–Trinajstić information content (AvgIpc) is 2.65. The van der Waals surface area contributed by atoms with Crippen molar-refractivity contribution in [3.63, 3.8) is 0 Å². The summed E-state index contributed by atoms with van der Waals surface area (Å²) >= 11 is 0. The molecule has 1 N–H and O–H groups in total. The Hall–Kier alpha value is -2.40. The predicted octanol–water partition coefficient (Wildman–Crippen LogP) is 2.86. The average molecular weight is 353 g/mol. The summed E-state index contributed by atoms with van der Waals surface area (Å²) in [6.07, 6.45) is 3.75. The molecular weight excluding hydrogens is 326 g/mol. The molecule has 3 rings (SSSR count). The number of rotatable bonds is 6. The zero-order chi connectivity index (χ0) is 18.4. The molecule has 1 aliphatic rings. The van der Waals surface area contributed by atoms with Crippen molar-refractivity contribution in [2.45, 2.75) is 39.3 Å². The van der Waals surface area contributed by atoms with E-state index < -0.39 is 0 Å². The molecule has 1 fully saturated rings. The van der Waals surface area contributed by atoms with Gasteiger partial charge in [0, 0.05) is 31.9 Å². The molecule has 0 unspecified atom stereocenters. The lowest BCUT2D eigenvalue weighted by atomic mass is 10.0. The van der Waals surface area contributed by atoms with Crippen LogP contribution in [-0.4, -0.2) is 41.5 Å². The molecule has 0 atom stereocenters. The van der Waals surface area contributed by atoms with Crippen molar-refractivity contribution in [3.05, 3.63) is 59.4 Å². The number of carbonyl (C=O) groups is 1. The van der Waals surface area contributed by atoms with Crippen LogP contribution in [0.1, 0.15) is 29.7 Å². The van der Waals surface area contributed by atoms with Gasteiger partial charge >= 0.3 is 0 Å². The third-order valence-corrected chi connectivity index (χ3v) is 4.91. The van der Waals surface area contributed by atoms with E-state index in [4.69, 9.17) is 4.74 Å². The Morgan fingerprint density at radius 1 is 1.19 bits per heavy atom. The number of pyridine rings is 1. The van der Waals surface area contributed by atoms with Crippen LogP contribution < -0.4 is 10.1 Å². The molecular formula is C21H27N3O2. The highest BCUT2D eigenvalue weighted by Gasteiger charge is 2.21. The SMILES string of the molecule is Cc1ccc(OCC(=O)NC2CCN(Cc3ccccn3)CC2)cc1C. The van der Waals surface area contributed by atoms with Gasteiger partial charge in [0.05, 0.1) is 5.69 Å². The van der Waals surface area contributed by atoms with Gasteiger partial charge in [-0.1, -0.05) is 12.1 Å². The second-order valence-electron chi connectivity index (χ2n) is 6.97. The van der Waals surface area contributed by atoms with Gasteiger partial charge in [0.25, 0.3) is 5.91 Å². The van der Waals surface area contributed by atoms with Crippen LogP contribution in [0, 0.1) is 13.8 Å². The Morgan fingerprint density at radius 3 is 2.69 bits per heavy atom. The quantitative estimate of drug-likeness (QED) is 0.868. The molecule has 0 bridgehead atoms. The van der Waals surface area contributed by atoms with Crippen molar-refractivity contribution in [3.8, 4) is 5.75 Å². The lowest BCUT2D eigenvalue weighted by Crippen LogP contribution is -2.45. The molecule has 2 aromatic rings. The van der Waals surface area contributed by atoms with E-state index in [1.165, 1.54) is 11.1 Å². The second-order valence-corrected chi connectivity index (χ2v) is 6.97. The van der Waals surface area contributed by atoms with E-state index in [0.29, 0.717) is 0 Å². The molecule has 138 valence electrons. The fourth-order valence-electron chi connectivity index (χ4n) is 3.18. The standard InChI is InChI=1S/C21H27N3O2/c1-16-6-7-20(13-17(16)2)26-15-21(25)23-18-8-11-24(12-9-18)14-19-5-3-4-10-22-19/h3-7,10,13,18H,8-9,11-12,14-15H2,1-2H3,(H,23,25). The van der Waals surface area contributed by atoms with E-state index in [-0.39, 0.29) is 18.6 Å². The molecule has 1 aromatic heterocycles. The number of carbonyl (C=O) groups excluding carboxylic acids is 1. The Bertz CT molecular complexity index is 725. The third kappa shape index (κ3) is 5.30. The number of aryl methyl sites for hydroxylation is 2. The predicted molar refractivity (Wildman–Crippen MR) is 102 cm³/mol. The molecule has 0 aliphatic carbocycles. The molecule has 1 saturated heterocycles. The largest absolute Gasteiger partial charge is 0.484 e. The fraction of sp³-hybridized carbons (Fsp3) is 0.429. The first-order valence-corrected chi connectivity index (χ1v) is 9.22. The van der Waals surface area contributed by atoms with Gasteiger partial charge in [-0.2, -0.15) is 0 Å². The minimum atomic E-state index is -0.0496. The van der Waals surface area contributed by atoms with Crippen LogP contribution in [0.5, 0.6) is 5.75 Å². The van der Waals surface area contributed by atoms with Crippen LogP contribution in [0.25, 0.3) is 0 Å². The smallest absolute Gasteiger partial charge is 0.258 e.